The Morgan fingerprint density at radius 1 is 1.24 bits per heavy atom. The van der Waals surface area contributed by atoms with Gasteiger partial charge in [-0.05, 0) is 30.3 Å². The van der Waals surface area contributed by atoms with Crippen LogP contribution in [0.5, 0.6) is 11.5 Å². The number of carbonyl (C=O) groups excluding carboxylic acids is 1. The maximum atomic E-state index is 15.3. The summed E-state index contributed by atoms with van der Waals surface area (Å²) in [6, 6.07) is 8.57. The number of carbonyl (C=O) groups is 1. The van der Waals surface area contributed by atoms with Crippen LogP contribution >= 0.6 is 23.2 Å². The van der Waals surface area contributed by atoms with E-state index in [-0.39, 0.29) is 46.0 Å². The minimum absolute atomic E-state index is 0.0110. The number of benzene rings is 2. The van der Waals surface area contributed by atoms with Crippen LogP contribution in [-0.4, -0.2) is 30.1 Å². The van der Waals surface area contributed by atoms with E-state index in [9.17, 15) is 13.6 Å². The molecule has 7 nitrogen and oxygen atoms in total. The van der Waals surface area contributed by atoms with E-state index in [1.54, 1.807) is 6.07 Å². The zero-order valence-electron chi connectivity index (χ0n) is 20.8. The van der Waals surface area contributed by atoms with Crippen molar-refractivity contribution in [2.75, 3.05) is 6.61 Å². The van der Waals surface area contributed by atoms with Gasteiger partial charge in [0.1, 0.15) is 18.2 Å². The quantitative estimate of drug-likeness (QED) is 0.190. The Kier molecular flexibility index (Phi) is 9.84. The van der Waals surface area contributed by atoms with Crippen molar-refractivity contribution in [2.45, 2.75) is 45.4 Å². The van der Waals surface area contributed by atoms with E-state index in [0.29, 0.717) is 6.61 Å². The lowest BCUT2D eigenvalue weighted by molar-refractivity contribution is 0.0789. The summed E-state index contributed by atoms with van der Waals surface area (Å²) < 4.78 is 54.2. The second-order valence-corrected chi connectivity index (χ2v) is 15.9. The van der Waals surface area contributed by atoms with Gasteiger partial charge in [-0.15, -0.1) is 0 Å². The fraction of sp³-hybridized carbons (Fsp3) is 0.320. The normalized spacial score (nSPS) is 11.5. The predicted octanol–water partition coefficient (Wildman–Crippen LogP) is 7.17. The Bertz CT molecular complexity index is 1360. The van der Waals surface area contributed by atoms with Crippen molar-refractivity contribution in [3.63, 3.8) is 0 Å². The Balaban J connectivity index is 1.74. The minimum atomic E-state index is -2.86. The molecule has 0 spiro atoms. The molecule has 0 fully saturated rings. The third-order valence-electron chi connectivity index (χ3n) is 5.33. The summed E-state index contributed by atoms with van der Waals surface area (Å²) in [4.78, 5) is 16.8. The average Bonchev–Trinajstić information content (AvgIpc) is 3.23. The summed E-state index contributed by atoms with van der Waals surface area (Å²) in [5, 5.41) is 11.5. The van der Waals surface area contributed by atoms with Crippen molar-refractivity contribution in [1.29, 1.82) is 5.26 Å². The van der Waals surface area contributed by atoms with Crippen molar-refractivity contribution in [2.24, 2.45) is 0 Å². The second kappa shape index (κ2) is 12.7. The summed E-state index contributed by atoms with van der Waals surface area (Å²) >= 11 is 12.2. The summed E-state index contributed by atoms with van der Waals surface area (Å²) in [5.41, 5.74) is -0.483. The summed E-state index contributed by atoms with van der Waals surface area (Å²) in [5.74, 6) is -2.15. The number of aromatic nitrogens is 2. The van der Waals surface area contributed by atoms with Gasteiger partial charge in [0.2, 0.25) is 0 Å². The number of rotatable bonds is 11. The first-order valence-electron chi connectivity index (χ1n) is 11.4. The highest BCUT2D eigenvalue weighted by molar-refractivity contribution is 6.76. The highest BCUT2D eigenvalue weighted by Crippen LogP contribution is 2.36. The highest BCUT2D eigenvalue weighted by atomic mass is 35.5. The van der Waals surface area contributed by atoms with E-state index in [2.05, 4.69) is 29.9 Å². The highest BCUT2D eigenvalue weighted by Gasteiger charge is 2.21. The van der Waals surface area contributed by atoms with Gasteiger partial charge < -0.3 is 19.4 Å². The number of hydrogen-bond acceptors (Lipinski definition) is 5. The number of nitriles is 1. The van der Waals surface area contributed by atoms with E-state index >= 15 is 4.39 Å². The van der Waals surface area contributed by atoms with Crippen LogP contribution in [0, 0.1) is 17.1 Å². The molecule has 3 rings (SSSR count). The molecule has 0 aliphatic rings. The molecule has 202 valence electrons. The van der Waals surface area contributed by atoms with Crippen LogP contribution in [-0.2, 0) is 18.0 Å². The van der Waals surface area contributed by atoms with Gasteiger partial charge in [0, 0.05) is 32.4 Å². The zero-order chi connectivity index (χ0) is 28.0. The van der Waals surface area contributed by atoms with E-state index in [1.807, 2.05) is 0 Å². The molecule has 13 heteroatoms. The van der Waals surface area contributed by atoms with Gasteiger partial charge in [-0.2, -0.15) is 5.26 Å². The smallest absolute Gasteiger partial charge is 0.271 e. The molecule has 0 aliphatic heterocycles. The third kappa shape index (κ3) is 7.74. The van der Waals surface area contributed by atoms with E-state index < -0.39 is 37.5 Å². The fourth-order valence-corrected chi connectivity index (χ4v) is 4.45. The van der Waals surface area contributed by atoms with Gasteiger partial charge in [-0.1, -0.05) is 48.9 Å². The van der Waals surface area contributed by atoms with Crippen LogP contribution in [0.25, 0.3) is 0 Å². The SMILES string of the molecule is C[Si](C)(C)CCOCn1cnc(Cl)c1C(=O)NCc1ccc(Cl)c(Oc2cc(C#N)cc(C(F)F)c2)c1F. The van der Waals surface area contributed by atoms with Crippen LogP contribution in [0.2, 0.25) is 35.9 Å². The number of nitrogens with zero attached hydrogens (tertiary/aromatic N) is 3. The van der Waals surface area contributed by atoms with Gasteiger partial charge in [0.25, 0.3) is 12.3 Å². The van der Waals surface area contributed by atoms with Crippen LogP contribution in [0.4, 0.5) is 13.2 Å². The number of halogens is 5. The first-order chi connectivity index (χ1) is 17.9. The molecule has 38 heavy (non-hydrogen) atoms. The molecule has 0 unspecified atom stereocenters. The zero-order valence-corrected chi connectivity index (χ0v) is 23.3. The molecular formula is C25H25Cl2F3N4O3Si. The van der Waals surface area contributed by atoms with Gasteiger partial charge in [0.05, 0.1) is 23.0 Å². The molecule has 2 aromatic carbocycles. The maximum Gasteiger partial charge on any atom is 0.271 e. The topological polar surface area (TPSA) is 89.2 Å². The van der Waals surface area contributed by atoms with E-state index in [4.69, 9.17) is 37.9 Å². The molecule has 0 saturated carbocycles. The van der Waals surface area contributed by atoms with Gasteiger partial charge >= 0.3 is 0 Å². The molecule has 1 heterocycles. The van der Waals surface area contributed by atoms with Crippen LogP contribution in [0.15, 0.2) is 36.7 Å². The summed E-state index contributed by atoms with van der Waals surface area (Å²) in [6.07, 6.45) is -1.48. The monoisotopic (exact) mass is 584 g/mol. The van der Waals surface area contributed by atoms with Crippen LogP contribution in [0.3, 0.4) is 0 Å². The van der Waals surface area contributed by atoms with Gasteiger partial charge in [-0.3, -0.25) is 4.79 Å². The number of hydrogen-bond donors (Lipinski definition) is 1. The Labute approximate surface area is 229 Å². The molecule has 1 amide bonds. The Morgan fingerprint density at radius 2 is 1.97 bits per heavy atom. The van der Waals surface area contributed by atoms with E-state index in [1.165, 1.54) is 29.1 Å². The van der Waals surface area contributed by atoms with Gasteiger partial charge in [-0.25, -0.2) is 18.2 Å². The van der Waals surface area contributed by atoms with Crippen molar-refractivity contribution >= 4 is 37.2 Å². The molecule has 0 saturated heterocycles. The summed E-state index contributed by atoms with van der Waals surface area (Å²) in [6.45, 7) is 7.00. The molecule has 1 N–H and O–H groups in total. The predicted molar refractivity (Wildman–Crippen MR) is 140 cm³/mol. The minimum Gasteiger partial charge on any atom is -0.453 e. The van der Waals surface area contributed by atoms with E-state index in [0.717, 1.165) is 18.2 Å². The molecule has 0 radical (unpaired) electrons. The lowest BCUT2D eigenvalue weighted by atomic mass is 10.1. The molecule has 0 bridgehead atoms. The molecular weight excluding hydrogens is 560 g/mol. The Hall–Kier alpha value is -3.04. The standard InChI is InChI=1S/C25H25Cl2F3N4O3Si/c1-38(2,3)7-6-36-14-34-13-33-23(27)21(34)25(35)32-12-16-4-5-19(26)22(20(16)28)37-18-9-15(11-31)8-17(10-18)24(29)30/h4-5,8-10,13,24H,6-7,12,14H2,1-3H3,(H,32,35). The fourth-order valence-electron chi connectivity index (χ4n) is 3.27. The lowest BCUT2D eigenvalue weighted by Crippen LogP contribution is -2.27. The van der Waals surface area contributed by atoms with Crippen molar-refractivity contribution in [3.05, 3.63) is 75.0 Å². The number of amides is 1. The number of imidazole rings is 1. The first-order valence-corrected chi connectivity index (χ1v) is 15.9. The van der Waals surface area contributed by atoms with Crippen molar-refractivity contribution in [3.8, 4) is 17.6 Å². The Morgan fingerprint density at radius 3 is 2.63 bits per heavy atom. The lowest BCUT2D eigenvalue weighted by Gasteiger charge is -2.16. The van der Waals surface area contributed by atoms with Crippen molar-refractivity contribution in [1.82, 2.24) is 14.9 Å². The molecule has 3 aromatic rings. The average molecular weight is 585 g/mol. The van der Waals surface area contributed by atoms with Crippen molar-refractivity contribution < 1.29 is 27.4 Å². The summed E-state index contributed by atoms with van der Waals surface area (Å²) in [7, 11) is -1.29. The van der Waals surface area contributed by atoms with Crippen LogP contribution < -0.4 is 10.1 Å². The largest absolute Gasteiger partial charge is 0.453 e. The molecule has 1 aromatic heterocycles. The third-order valence-corrected chi connectivity index (χ3v) is 7.61. The maximum absolute atomic E-state index is 15.3. The number of alkyl halides is 2. The first kappa shape index (κ1) is 29.5. The van der Waals surface area contributed by atoms with Gasteiger partial charge in [0.15, 0.2) is 16.7 Å². The molecule has 0 aliphatic carbocycles. The number of ether oxygens (including phenoxy) is 2. The van der Waals surface area contributed by atoms with Crippen LogP contribution in [0.1, 0.15) is 33.6 Å². The molecule has 0 atom stereocenters. The second-order valence-electron chi connectivity index (χ2n) is 9.54. The number of nitrogens with one attached hydrogen (secondary N) is 1.